The fraction of sp³-hybridized carbons (Fsp3) is 0.174. The van der Waals surface area contributed by atoms with E-state index in [-0.39, 0.29) is 42.8 Å². The van der Waals surface area contributed by atoms with Crippen molar-refractivity contribution in [2.24, 2.45) is 4.99 Å². The van der Waals surface area contributed by atoms with Gasteiger partial charge in [-0.05, 0) is 37.3 Å². The highest BCUT2D eigenvalue weighted by molar-refractivity contribution is 6.21. The van der Waals surface area contributed by atoms with Gasteiger partial charge in [-0.3, -0.25) is 0 Å². The molecule has 3 aromatic rings. The molecule has 0 saturated carbocycles. The lowest BCUT2D eigenvalue weighted by Crippen LogP contribution is -2.07. The third kappa shape index (κ3) is 4.19. The number of esters is 1. The molecule has 9 nitrogen and oxygen atoms in total. The normalized spacial score (nSPS) is 13.2. The molecule has 0 aliphatic carbocycles. The molecule has 32 heavy (non-hydrogen) atoms. The summed E-state index contributed by atoms with van der Waals surface area (Å²) in [4.78, 5) is 21.0. The van der Waals surface area contributed by atoms with E-state index in [9.17, 15) is 9.90 Å². The van der Waals surface area contributed by atoms with Crippen molar-refractivity contribution in [1.82, 2.24) is 4.98 Å². The van der Waals surface area contributed by atoms with Crippen molar-refractivity contribution in [1.29, 1.82) is 0 Å². The number of benzene rings is 1. The summed E-state index contributed by atoms with van der Waals surface area (Å²) < 4.78 is 16.5. The van der Waals surface area contributed by atoms with Gasteiger partial charge in [0.1, 0.15) is 12.4 Å². The number of aliphatic hydroxyl groups is 1. The fourth-order valence-electron chi connectivity index (χ4n) is 3.17. The number of hydrogen-bond donors (Lipinski definition) is 3. The number of aliphatic imine (C=N–C) groups is 1. The number of aromatic nitrogens is 1. The molecule has 1 aliphatic heterocycles. The number of hydrogen-bond acceptors (Lipinski definition) is 9. The number of carbonyl (C=O) groups is 1. The summed E-state index contributed by atoms with van der Waals surface area (Å²) >= 11 is 0. The zero-order valence-electron chi connectivity index (χ0n) is 17.2. The minimum atomic E-state index is -0.739. The van der Waals surface area contributed by atoms with Crippen LogP contribution >= 0.6 is 0 Å². The number of aromatic hydroxyl groups is 1. The number of anilines is 2. The van der Waals surface area contributed by atoms with Gasteiger partial charge in [0.05, 0.1) is 18.9 Å². The Hall–Kier alpha value is -4.11. The number of aliphatic hydroxyl groups excluding tert-OH is 1. The minimum Gasteiger partial charge on any atom is -0.504 e. The highest BCUT2D eigenvalue weighted by Crippen LogP contribution is 2.40. The highest BCUT2D eigenvalue weighted by atomic mass is 16.5. The summed E-state index contributed by atoms with van der Waals surface area (Å²) in [5.41, 5.74) is 1.79. The highest BCUT2D eigenvalue weighted by Gasteiger charge is 2.27. The van der Waals surface area contributed by atoms with Crippen LogP contribution in [0.5, 0.6) is 11.5 Å². The number of nitrogens with one attached hydrogen (secondary N) is 1. The maximum absolute atomic E-state index is 12.6. The van der Waals surface area contributed by atoms with Gasteiger partial charge in [-0.1, -0.05) is 12.1 Å². The van der Waals surface area contributed by atoms with Gasteiger partial charge in [0, 0.05) is 23.5 Å². The maximum Gasteiger partial charge on any atom is 0.347 e. The molecule has 0 unspecified atom stereocenters. The van der Waals surface area contributed by atoms with Crippen molar-refractivity contribution in [2.45, 2.75) is 6.92 Å². The average molecular weight is 435 g/mol. The lowest BCUT2D eigenvalue weighted by molar-refractivity contribution is 0.0524. The van der Waals surface area contributed by atoms with E-state index in [0.717, 1.165) is 5.56 Å². The Bertz CT molecular complexity index is 1200. The molecule has 0 radical (unpaired) electrons. The van der Waals surface area contributed by atoms with Gasteiger partial charge in [0.2, 0.25) is 5.88 Å². The largest absolute Gasteiger partial charge is 0.504 e. The Morgan fingerprint density at radius 1 is 1.25 bits per heavy atom. The molecule has 0 atom stereocenters. The summed E-state index contributed by atoms with van der Waals surface area (Å²) in [6, 6.07) is 10.6. The number of carbonyl (C=O) groups excluding carboxylic acids is 1. The Labute approximate surface area is 183 Å². The Kier molecular flexibility index (Phi) is 6.18. The Balaban J connectivity index is 1.74. The van der Waals surface area contributed by atoms with Crippen LogP contribution in [0.1, 0.15) is 28.6 Å². The van der Waals surface area contributed by atoms with E-state index in [0.29, 0.717) is 22.8 Å². The standard InChI is InChI=1S/C23H21N3O6/c1-2-30-23(29)19-20(28)18(12-14-13-25-21-15(14)6-5-9-24-21)32-22(19)26-16-7-3-4-8-17(16)31-11-10-27/h3-9,12-13,26-28H,2,10-11H2,1H3. The first kappa shape index (κ1) is 21.1. The number of fused-ring (bicyclic) bond motifs is 1. The first-order valence-electron chi connectivity index (χ1n) is 9.96. The number of para-hydroxylation sites is 2. The van der Waals surface area contributed by atoms with Crippen LogP contribution in [0, 0.1) is 0 Å². The molecule has 0 fully saturated rings. The molecule has 9 heteroatoms. The second kappa shape index (κ2) is 9.36. The van der Waals surface area contributed by atoms with Crippen molar-refractivity contribution < 1.29 is 28.9 Å². The van der Waals surface area contributed by atoms with Gasteiger partial charge in [-0.15, -0.1) is 0 Å². The number of nitrogens with zero attached hydrogens (tertiary/aromatic N) is 2. The first-order valence-corrected chi connectivity index (χ1v) is 9.96. The smallest absolute Gasteiger partial charge is 0.347 e. The predicted octanol–water partition coefficient (Wildman–Crippen LogP) is 3.93. The number of rotatable bonds is 8. The first-order chi connectivity index (χ1) is 15.6. The van der Waals surface area contributed by atoms with E-state index in [4.69, 9.17) is 19.0 Å². The fourth-order valence-corrected chi connectivity index (χ4v) is 3.17. The monoisotopic (exact) mass is 435 g/mol. The van der Waals surface area contributed by atoms with Crippen LogP contribution < -0.4 is 10.1 Å². The molecule has 0 spiro atoms. The van der Waals surface area contributed by atoms with Crippen LogP contribution in [0.3, 0.4) is 0 Å². The third-order valence-electron chi connectivity index (χ3n) is 4.58. The van der Waals surface area contributed by atoms with E-state index in [1.54, 1.807) is 55.7 Å². The summed E-state index contributed by atoms with van der Waals surface area (Å²) in [6.45, 7) is 1.74. The zero-order chi connectivity index (χ0) is 22.5. The van der Waals surface area contributed by atoms with Crippen LogP contribution in [0.15, 0.2) is 52.0 Å². The topological polar surface area (TPSA) is 126 Å². The molecule has 0 amide bonds. The van der Waals surface area contributed by atoms with Crippen molar-refractivity contribution in [3.63, 3.8) is 0 Å². The molecule has 3 heterocycles. The number of pyridine rings is 1. The third-order valence-corrected chi connectivity index (χ3v) is 4.58. The Morgan fingerprint density at radius 2 is 2.09 bits per heavy atom. The van der Waals surface area contributed by atoms with E-state index in [1.807, 2.05) is 6.07 Å². The summed E-state index contributed by atoms with van der Waals surface area (Å²) in [7, 11) is 0. The maximum atomic E-state index is 12.6. The lowest BCUT2D eigenvalue weighted by Gasteiger charge is -2.11. The zero-order valence-corrected chi connectivity index (χ0v) is 17.2. The van der Waals surface area contributed by atoms with E-state index < -0.39 is 5.97 Å². The van der Waals surface area contributed by atoms with Crippen LogP contribution in [0.25, 0.3) is 11.6 Å². The second-order valence-corrected chi connectivity index (χ2v) is 6.67. The molecule has 3 N–H and O–H groups in total. The van der Waals surface area contributed by atoms with Crippen molar-refractivity contribution >= 4 is 41.2 Å². The predicted molar refractivity (Wildman–Crippen MR) is 119 cm³/mol. The Morgan fingerprint density at radius 3 is 2.91 bits per heavy atom. The summed E-state index contributed by atoms with van der Waals surface area (Å²) in [6.07, 6.45) is 4.82. The lowest BCUT2D eigenvalue weighted by atomic mass is 10.1. The molecule has 164 valence electrons. The van der Waals surface area contributed by atoms with Gasteiger partial charge < -0.3 is 29.4 Å². The molecule has 4 rings (SSSR count). The SMILES string of the molecule is CCOC(=O)c1c(Nc2ccccc2OCCO)oc(C=C2C=Nc3ncccc32)c1O. The molecule has 0 saturated heterocycles. The van der Waals surface area contributed by atoms with Gasteiger partial charge in [0.15, 0.2) is 22.9 Å². The number of allylic oxidation sites excluding steroid dienone is 1. The van der Waals surface area contributed by atoms with Crippen molar-refractivity contribution in [2.75, 3.05) is 25.1 Å². The second-order valence-electron chi connectivity index (χ2n) is 6.67. The van der Waals surface area contributed by atoms with Gasteiger partial charge in [-0.25, -0.2) is 14.8 Å². The molecule has 1 aliphatic rings. The van der Waals surface area contributed by atoms with Crippen LogP contribution in [-0.2, 0) is 4.74 Å². The average Bonchev–Trinajstić information content (AvgIpc) is 3.34. The van der Waals surface area contributed by atoms with Crippen LogP contribution in [0.2, 0.25) is 0 Å². The molecular weight excluding hydrogens is 414 g/mol. The van der Waals surface area contributed by atoms with Crippen molar-refractivity contribution in [3.8, 4) is 11.5 Å². The van der Waals surface area contributed by atoms with Gasteiger partial charge >= 0.3 is 5.97 Å². The minimum absolute atomic E-state index is 0.00538. The summed E-state index contributed by atoms with van der Waals surface area (Å²) in [5.74, 6) is -0.0507. The molecule has 2 aromatic heterocycles. The van der Waals surface area contributed by atoms with E-state index in [1.165, 1.54) is 0 Å². The quantitative estimate of drug-likeness (QED) is 0.454. The van der Waals surface area contributed by atoms with Gasteiger partial charge in [-0.2, -0.15) is 0 Å². The van der Waals surface area contributed by atoms with E-state index >= 15 is 0 Å². The molecular formula is C23H21N3O6. The van der Waals surface area contributed by atoms with Gasteiger partial charge in [0.25, 0.3) is 0 Å². The molecule has 1 aromatic carbocycles. The number of furan rings is 1. The number of ether oxygens (including phenoxy) is 2. The van der Waals surface area contributed by atoms with Crippen LogP contribution in [-0.4, -0.2) is 47.2 Å². The van der Waals surface area contributed by atoms with Crippen LogP contribution in [0.4, 0.5) is 17.4 Å². The summed E-state index contributed by atoms with van der Waals surface area (Å²) in [5, 5.41) is 22.8. The van der Waals surface area contributed by atoms with Crippen molar-refractivity contribution in [3.05, 3.63) is 59.5 Å². The molecule has 0 bridgehead atoms. The van der Waals surface area contributed by atoms with E-state index in [2.05, 4.69) is 15.3 Å².